The van der Waals surface area contributed by atoms with Crippen LogP contribution in [-0.4, -0.2) is 36.5 Å². The average molecular weight is 288 g/mol. The van der Waals surface area contributed by atoms with Crippen LogP contribution in [0.15, 0.2) is 48.8 Å². The predicted molar refractivity (Wildman–Crippen MR) is 80.4 cm³/mol. The van der Waals surface area contributed by atoms with E-state index < -0.39 is 6.10 Å². The molecule has 2 rings (SSSR count). The van der Waals surface area contributed by atoms with Gasteiger partial charge >= 0.3 is 0 Å². The number of methoxy groups -OCH3 is 1. The Balaban J connectivity index is 1.66. The van der Waals surface area contributed by atoms with Crippen LogP contribution in [0.2, 0.25) is 0 Å². The molecule has 1 heterocycles. The van der Waals surface area contributed by atoms with Gasteiger partial charge in [0.1, 0.15) is 24.2 Å². The summed E-state index contributed by atoms with van der Waals surface area (Å²) in [4.78, 5) is 4.04. The first-order valence-electron chi connectivity index (χ1n) is 6.82. The third-order valence-corrected chi connectivity index (χ3v) is 2.93. The van der Waals surface area contributed by atoms with Crippen molar-refractivity contribution >= 4 is 0 Å². The van der Waals surface area contributed by atoms with Crippen molar-refractivity contribution in [3.05, 3.63) is 54.4 Å². The fourth-order valence-corrected chi connectivity index (χ4v) is 1.81. The molecule has 1 aromatic carbocycles. The van der Waals surface area contributed by atoms with Crippen molar-refractivity contribution in [3.63, 3.8) is 0 Å². The lowest BCUT2D eigenvalue weighted by molar-refractivity contribution is 0.106. The first-order chi connectivity index (χ1) is 10.3. The Labute approximate surface area is 124 Å². The molecular weight excluding hydrogens is 268 g/mol. The normalized spacial score (nSPS) is 11.9. The smallest absolute Gasteiger partial charge is 0.119 e. The summed E-state index contributed by atoms with van der Waals surface area (Å²) in [6.45, 7) is 1.38. The Morgan fingerprint density at radius 1 is 1.19 bits per heavy atom. The molecule has 1 atom stereocenters. The van der Waals surface area contributed by atoms with Crippen molar-refractivity contribution in [2.45, 2.75) is 12.6 Å². The third kappa shape index (κ3) is 5.41. The molecule has 0 saturated heterocycles. The number of hydrogen-bond acceptors (Lipinski definition) is 5. The van der Waals surface area contributed by atoms with Crippen LogP contribution in [0.1, 0.15) is 5.56 Å². The number of rotatable bonds is 8. The maximum Gasteiger partial charge on any atom is 0.119 e. The second kappa shape index (κ2) is 8.24. The Morgan fingerprint density at radius 3 is 2.62 bits per heavy atom. The summed E-state index contributed by atoms with van der Waals surface area (Å²) in [7, 11) is 1.62. The number of hydrogen-bond donors (Lipinski definition) is 2. The maximum absolute atomic E-state index is 9.86. The molecule has 2 N–H and O–H groups in total. The van der Waals surface area contributed by atoms with Crippen LogP contribution >= 0.6 is 0 Å². The van der Waals surface area contributed by atoms with Crippen LogP contribution in [0.25, 0.3) is 0 Å². The lowest BCUT2D eigenvalue weighted by atomic mass is 10.3. The quantitative estimate of drug-likeness (QED) is 0.773. The number of aromatic nitrogens is 1. The van der Waals surface area contributed by atoms with Gasteiger partial charge in [0.05, 0.1) is 7.11 Å². The first-order valence-corrected chi connectivity index (χ1v) is 6.82. The topological polar surface area (TPSA) is 63.6 Å². The van der Waals surface area contributed by atoms with Gasteiger partial charge in [-0.25, -0.2) is 0 Å². The van der Waals surface area contributed by atoms with E-state index in [1.165, 1.54) is 0 Å². The van der Waals surface area contributed by atoms with E-state index in [1.807, 2.05) is 36.4 Å². The molecule has 1 aromatic heterocycles. The lowest BCUT2D eigenvalue weighted by Crippen LogP contribution is -2.31. The molecule has 0 amide bonds. The molecule has 0 spiro atoms. The highest BCUT2D eigenvalue weighted by Crippen LogP contribution is 2.16. The van der Waals surface area contributed by atoms with E-state index in [2.05, 4.69) is 10.3 Å². The van der Waals surface area contributed by atoms with Crippen molar-refractivity contribution in [2.24, 2.45) is 0 Å². The number of nitrogens with one attached hydrogen (secondary N) is 1. The number of aliphatic hydroxyl groups excluding tert-OH is 1. The zero-order chi connectivity index (χ0) is 14.9. The molecule has 2 aromatic rings. The van der Waals surface area contributed by atoms with E-state index in [9.17, 15) is 5.11 Å². The number of aliphatic hydroxyl groups is 1. The van der Waals surface area contributed by atoms with E-state index in [1.54, 1.807) is 19.5 Å². The van der Waals surface area contributed by atoms with E-state index in [0.29, 0.717) is 18.8 Å². The Kier molecular flexibility index (Phi) is 5.99. The van der Waals surface area contributed by atoms with E-state index in [4.69, 9.17) is 9.47 Å². The van der Waals surface area contributed by atoms with Gasteiger partial charge in [0.25, 0.3) is 0 Å². The highest BCUT2D eigenvalue weighted by atomic mass is 16.5. The molecule has 0 radical (unpaired) electrons. The zero-order valence-corrected chi connectivity index (χ0v) is 12.0. The summed E-state index contributed by atoms with van der Waals surface area (Å²) in [5, 5.41) is 13.0. The summed E-state index contributed by atoms with van der Waals surface area (Å²) in [5.41, 5.74) is 1.08. The van der Waals surface area contributed by atoms with Gasteiger partial charge in [0.2, 0.25) is 0 Å². The van der Waals surface area contributed by atoms with Gasteiger partial charge in [-0.1, -0.05) is 6.07 Å². The molecule has 0 aliphatic heterocycles. The minimum absolute atomic E-state index is 0.242. The molecule has 21 heavy (non-hydrogen) atoms. The maximum atomic E-state index is 9.86. The van der Waals surface area contributed by atoms with E-state index in [0.717, 1.165) is 11.3 Å². The Morgan fingerprint density at radius 2 is 1.95 bits per heavy atom. The van der Waals surface area contributed by atoms with Gasteiger partial charge in [0, 0.05) is 25.5 Å². The molecule has 5 heteroatoms. The summed E-state index contributed by atoms with van der Waals surface area (Å²) < 4.78 is 10.6. The number of nitrogens with zero attached hydrogens (tertiary/aromatic N) is 1. The standard InChI is InChI=1S/C16H20N2O3/c1-20-15-4-6-16(7-5-15)21-12-14(19)11-18-10-13-3-2-8-17-9-13/h2-9,14,18-19H,10-12H2,1H3. The summed E-state index contributed by atoms with van der Waals surface area (Å²) in [5.74, 6) is 1.49. The largest absolute Gasteiger partial charge is 0.497 e. The molecule has 0 saturated carbocycles. The molecular formula is C16H20N2O3. The highest BCUT2D eigenvalue weighted by molar-refractivity contribution is 5.31. The predicted octanol–water partition coefficient (Wildman–Crippen LogP) is 1.62. The lowest BCUT2D eigenvalue weighted by Gasteiger charge is -2.13. The molecule has 0 fully saturated rings. The highest BCUT2D eigenvalue weighted by Gasteiger charge is 2.05. The third-order valence-electron chi connectivity index (χ3n) is 2.93. The summed E-state index contributed by atoms with van der Waals surface area (Å²) >= 11 is 0. The second-order valence-corrected chi connectivity index (χ2v) is 4.63. The van der Waals surface area contributed by atoms with Gasteiger partial charge in [-0.05, 0) is 35.9 Å². The van der Waals surface area contributed by atoms with Crippen molar-refractivity contribution in [1.82, 2.24) is 10.3 Å². The fourth-order valence-electron chi connectivity index (χ4n) is 1.81. The van der Waals surface area contributed by atoms with Crippen LogP contribution in [0.3, 0.4) is 0 Å². The zero-order valence-electron chi connectivity index (χ0n) is 12.0. The van der Waals surface area contributed by atoms with Crippen molar-refractivity contribution in [3.8, 4) is 11.5 Å². The SMILES string of the molecule is COc1ccc(OCC(O)CNCc2cccnc2)cc1. The minimum atomic E-state index is -0.566. The second-order valence-electron chi connectivity index (χ2n) is 4.63. The summed E-state index contributed by atoms with van der Waals surface area (Å²) in [6.07, 6.45) is 2.97. The van der Waals surface area contributed by atoms with Crippen molar-refractivity contribution < 1.29 is 14.6 Å². The molecule has 1 unspecified atom stereocenters. The first kappa shape index (κ1) is 15.3. The van der Waals surface area contributed by atoms with Gasteiger partial charge in [-0.3, -0.25) is 4.98 Å². The van der Waals surface area contributed by atoms with Crippen LogP contribution in [0.5, 0.6) is 11.5 Å². The minimum Gasteiger partial charge on any atom is -0.497 e. The summed E-state index contributed by atoms with van der Waals surface area (Å²) in [6, 6.07) is 11.1. The number of ether oxygens (including phenoxy) is 2. The monoisotopic (exact) mass is 288 g/mol. The molecule has 0 aliphatic carbocycles. The van der Waals surface area contributed by atoms with Gasteiger partial charge in [0.15, 0.2) is 0 Å². The van der Waals surface area contributed by atoms with Crippen molar-refractivity contribution in [2.75, 3.05) is 20.3 Å². The van der Waals surface area contributed by atoms with E-state index in [-0.39, 0.29) is 6.61 Å². The molecule has 5 nitrogen and oxygen atoms in total. The Bertz CT molecular complexity index is 517. The fraction of sp³-hybridized carbons (Fsp3) is 0.312. The number of pyridine rings is 1. The Hall–Kier alpha value is -2.11. The van der Waals surface area contributed by atoms with Gasteiger partial charge in [-0.15, -0.1) is 0 Å². The van der Waals surface area contributed by atoms with Crippen LogP contribution < -0.4 is 14.8 Å². The average Bonchev–Trinajstić information content (AvgIpc) is 2.54. The van der Waals surface area contributed by atoms with Gasteiger partial charge in [-0.2, -0.15) is 0 Å². The molecule has 0 bridgehead atoms. The van der Waals surface area contributed by atoms with Gasteiger partial charge < -0.3 is 19.9 Å². The van der Waals surface area contributed by atoms with Crippen molar-refractivity contribution in [1.29, 1.82) is 0 Å². The molecule has 112 valence electrons. The number of benzene rings is 1. The van der Waals surface area contributed by atoms with Crippen LogP contribution in [-0.2, 0) is 6.54 Å². The van der Waals surface area contributed by atoms with Crippen LogP contribution in [0, 0.1) is 0 Å². The molecule has 0 aliphatic rings. The van der Waals surface area contributed by atoms with E-state index >= 15 is 0 Å². The van der Waals surface area contributed by atoms with Crippen LogP contribution in [0.4, 0.5) is 0 Å².